The molecule has 1 fully saturated rings. The highest BCUT2D eigenvalue weighted by atomic mass is 32.1. The lowest BCUT2D eigenvalue weighted by Crippen LogP contribution is -2.12. The second-order valence-electron chi connectivity index (χ2n) is 6.83. The Labute approximate surface area is 159 Å². The maximum Gasteiger partial charge on any atom is 0.317 e. The molecule has 5 heteroatoms. The monoisotopic (exact) mass is 373 g/mol. The predicted octanol–water partition coefficient (Wildman–Crippen LogP) is 5.44. The first-order valence-electron chi connectivity index (χ1n) is 9.52. The maximum absolute atomic E-state index is 12.2. The Hall–Kier alpha value is -1.72. The van der Waals surface area contributed by atoms with E-state index in [1.807, 2.05) is 31.4 Å². The number of aromatic nitrogens is 1. The normalized spacial score (nSPS) is 16.4. The Morgan fingerprint density at radius 1 is 1.23 bits per heavy atom. The van der Waals surface area contributed by atoms with Gasteiger partial charge in [-0.3, -0.25) is 4.79 Å². The van der Waals surface area contributed by atoms with Crippen molar-refractivity contribution < 1.29 is 14.3 Å². The van der Waals surface area contributed by atoms with Crippen LogP contribution >= 0.6 is 11.3 Å². The predicted molar refractivity (Wildman–Crippen MR) is 104 cm³/mol. The summed E-state index contributed by atoms with van der Waals surface area (Å²) in [6.07, 6.45) is 6.67. The van der Waals surface area contributed by atoms with Crippen molar-refractivity contribution in [2.75, 3.05) is 6.61 Å². The highest BCUT2D eigenvalue weighted by Gasteiger charge is 2.16. The van der Waals surface area contributed by atoms with Crippen LogP contribution in [0.1, 0.15) is 74.2 Å². The topological polar surface area (TPSA) is 48.4 Å². The van der Waals surface area contributed by atoms with Crippen molar-refractivity contribution in [1.29, 1.82) is 0 Å². The fraction of sp³-hybridized carbons (Fsp3) is 0.524. The van der Waals surface area contributed by atoms with E-state index in [0.29, 0.717) is 18.3 Å². The van der Waals surface area contributed by atoms with Crippen LogP contribution in [0.25, 0.3) is 0 Å². The smallest absolute Gasteiger partial charge is 0.317 e. The van der Waals surface area contributed by atoms with E-state index in [-0.39, 0.29) is 18.5 Å². The van der Waals surface area contributed by atoms with E-state index in [0.717, 1.165) is 10.7 Å². The summed E-state index contributed by atoms with van der Waals surface area (Å²) < 4.78 is 11.0. The van der Waals surface area contributed by atoms with Gasteiger partial charge in [-0.1, -0.05) is 31.4 Å². The number of carbonyl (C=O) groups excluding carboxylic acids is 1. The van der Waals surface area contributed by atoms with Crippen LogP contribution in [0.15, 0.2) is 29.6 Å². The van der Waals surface area contributed by atoms with Crippen LogP contribution < -0.4 is 4.74 Å². The number of rotatable bonds is 7. The van der Waals surface area contributed by atoms with Crippen LogP contribution in [0, 0.1) is 0 Å². The van der Waals surface area contributed by atoms with Gasteiger partial charge in [-0.05, 0) is 50.3 Å². The SMILES string of the molecule is CCOC(C)c1nc(CC(=O)Oc2ccc(C3CCCCC3)cc2)cs1. The lowest BCUT2D eigenvalue weighted by molar-refractivity contribution is -0.133. The molecule has 3 rings (SSSR count). The molecule has 140 valence electrons. The molecule has 0 saturated heterocycles. The Bertz CT molecular complexity index is 704. The molecule has 0 spiro atoms. The molecule has 1 unspecified atom stereocenters. The summed E-state index contributed by atoms with van der Waals surface area (Å²) in [6.45, 7) is 4.58. The lowest BCUT2D eigenvalue weighted by Gasteiger charge is -2.22. The van der Waals surface area contributed by atoms with Crippen LogP contribution in [0.5, 0.6) is 5.75 Å². The molecule has 0 amide bonds. The summed E-state index contributed by atoms with van der Waals surface area (Å²) in [4.78, 5) is 16.7. The number of carbonyl (C=O) groups is 1. The number of nitrogens with zero attached hydrogens (tertiary/aromatic N) is 1. The zero-order valence-corrected chi connectivity index (χ0v) is 16.4. The molecule has 1 aliphatic carbocycles. The van der Waals surface area contributed by atoms with Crippen LogP contribution in [0.3, 0.4) is 0 Å². The standard InChI is InChI=1S/C21H27NO3S/c1-3-24-15(2)21-22-18(14-26-21)13-20(23)25-19-11-9-17(10-12-19)16-7-5-4-6-8-16/h9-12,14-16H,3-8,13H2,1-2H3. The Balaban J connectivity index is 1.53. The second-order valence-corrected chi connectivity index (χ2v) is 7.72. The van der Waals surface area contributed by atoms with Gasteiger partial charge in [0.2, 0.25) is 0 Å². The number of benzene rings is 1. The van der Waals surface area contributed by atoms with Crippen molar-refractivity contribution >= 4 is 17.3 Å². The van der Waals surface area contributed by atoms with Crippen molar-refractivity contribution in [2.24, 2.45) is 0 Å². The first kappa shape index (κ1) is 19.1. The van der Waals surface area contributed by atoms with Gasteiger partial charge in [-0.25, -0.2) is 4.98 Å². The highest BCUT2D eigenvalue weighted by Crippen LogP contribution is 2.33. The van der Waals surface area contributed by atoms with Crippen molar-refractivity contribution in [3.8, 4) is 5.75 Å². The Kier molecular flexibility index (Phi) is 6.80. The van der Waals surface area contributed by atoms with Crippen LogP contribution in [-0.2, 0) is 16.0 Å². The third-order valence-corrected chi connectivity index (χ3v) is 5.90. The van der Waals surface area contributed by atoms with Gasteiger partial charge < -0.3 is 9.47 Å². The van der Waals surface area contributed by atoms with E-state index in [1.165, 1.54) is 49.0 Å². The Morgan fingerprint density at radius 2 is 1.96 bits per heavy atom. The molecular weight excluding hydrogens is 346 g/mol. The molecule has 2 aromatic rings. The molecular formula is C21H27NO3S. The van der Waals surface area contributed by atoms with Crippen molar-refractivity contribution in [2.45, 2.75) is 64.4 Å². The van der Waals surface area contributed by atoms with Gasteiger partial charge in [-0.2, -0.15) is 0 Å². The van der Waals surface area contributed by atoms with Gasteiger partial charge in [-0.15, -0.1) is 11.3 Å². The Morgan fingerprint density at radius 3 is 2.65 bits per heavy atom. The minimum Gasteiger partial charge on any atom is -0.426 e. The molecule has 1 aliphatic rings. The van der Waals surface area contributed by atoms with Crippen molar-refractivity contribution in [3.05, 3.63) is 45.9 Å². The molecule has 0 aliphatic heterocycles. The minimum absolute atomic E-state index is 0.0397. The van der Waals surface area contributed by atoms with E-state index < -0.39 is 0 Å². The number of thiazole rings is 1. The molecule has 0 bridgehead atoms. The van der Waals surface area contributed by atoms with E-state index in [2.05, 4.69) is 17.1 Å². The van der Waals surface area contributed by atoms with Gasteiger partial charge in [0.25, 0.3) is 0 Å². The zero-order valence-electron chi connectivity index (χ0n) is 15.6. The summed E-state index contributed by atoms with van der Waals surface area (Å²) in [7, 11) is 0. The third-order valence-electron chi connectivity index (χ3n) is 4.85. The van der Waals surface area contributed by atoms with Crippen LogP contribution in [-0.4, -0.2) is 17.6 Å². The van der Waals surface area contributed by atoms with Gasteiger partial charge in [0.05, 0.1) is 12.1 Å². The third kappa shape index (κ3) is 5.15. The molecule has 4 nitrogen and oxygen atoms in total. The number of ether oxygens (including phenoxy) is 2. The van der Waals surface area contributed by atoms with Gasteiger partial charge in [0.1, 0.15) is 16.9 Å². The largest absolute Gasteiger partial charge is 0.426 e. The minimum atomic E-state index is -0.281. The molecule has 1 atom stereocenters. The van der Waals surface area contributed by atoms with Crippen molar-refractivity contribution in [3.63, 3.8) is 0 Å². The van der Waals surface area contributed by atoms with Gasteiger partial charge in [0, 0.05) is 12.0 Å². The van der Waals surface area contributed by atoms with Crippen molar-refractivity contribution in [1.82, 2.24) is 4.98 Å². The van der Waals surface area contributed by atoms with Gasteiger partial charge >= 0.3 is 5.97 Å². The number of esters is 1. The average molecular weight is 374 g/mol. The summed E-state index contributed by atoms with van der Waals surface area (Å²) in [5.41, 5.74) is 2.10. The molecule has 1 heterocycles. The fourth-order valence-corrected chi connectivity index (χ4v) is 4.29. The highest BCUT2D eigenvalue weighted by molar-refractivity contribution is 7.09. The van der Waals surface area contributed by atoms with E-state index in [1.54, 1.807) is 0 Å². The van der Waals surface area contributed by atoms with Crippen LogP contribution in [0.4, 0.5) is 0 Å². The van der Waals surface area contributed by atoms with E-state index in [4.69, 9.17) is 9.47 Å². The van der Waals surface area contributed by atoms with Crippen LogP contribution in [0.2, 0.25) is 0 Å². The first-order valence-corrected chi connectivity index (χ1v) is 10.4. The maximum atomic E-state index is 12.2. The number of hydrogen-bond acceptors (Lipinski definition) is 5. The van der Waals surface area contributed by atoms with Gasteiger partial charge in [0.15, 0.2) is 0 Å². The zero-order chi connectivity index (χ0) is 18.4. The first-order chi connectivity index (χ1) is 12.7. The summed E-state index contributed by atoms with van der Waals surface area (Å²) in [5.74, 6) is 0.985. The summed E-state index contributed by atoms with van der Waals surface area (Å²) in [6, 6.07) is 8.02. The summed E-state index contributed by atoms with van der Waals surface area (Å²) >= 11 is 1.52. The van der Waals surface area contributed by atoms with E-state index >= 15 is 0 Å². The molecule has 0 radical (unpaired) electrons. The lowest BCUT2D eigenvalue weighted by atomic mass is 9.84. The fourth-order valence-electron chi connectivity index (χ4n) is 3.47. The molecule has 0 N–H and O–H groups in total. The molecule has 26 heavy (non-hydrogen) atoms. The molecule has 1 saturated carbocycles. The molecule has 1 aromatic carbocycles. The molecule has 1 aromatic heterocycles. The summed E-state index contributed by atoms with van der Waals surface area (Å²) in [5, 5.41) is 2.80. The van der Waals surface area contributed by atoms with E-state index in [9.17, 15) is 4.79 Å². The average Bonchev–Trinajstić information content (AvgIpc) is 3.12. The number of hydrogen-bond donors (Lipinski definition) is 0. The quantitative estimate of drug-likeness (QED) is 0.479. The second kappa shape index (κ2) is 9.28.